The van der Waals surface area contributed by atoms with Gasteiger partial charge >= 0.3 is 0 Å². The lowest BCUT2D eigenvalue weighted by atomic mass is 10.1. The van der Waals surface area contributed by atoms with Crippen molar-refractivity contribution in [1.29, 1.82) is 0 Å². The number of imidazole rings is 1. The van der Waals surface area contributed by atoms with E-state index >= 15 is 0 Å². The minimum atomic E-state index is 0.585. The van der Waals surface area contributed by atoms with Crippen LogP contribution in [0.3, 0.4) is 0 Å². The van der Waals surface area contributed by atoms with Crippen LogP contribution in [0.4, 0.5) is 5.69 Å². The number of nitrogens with two attached hydrogens (primary N) is 1. The van der Waals surface area contributed by atoms with E-state index in [-0.39, 0.29) is 0 Å². The lowest BCUT2D eigenvalue weighted by Gasteiger charge is -2.11. The van der Waals surface area contributed by atoms with Gasteiger partial charge in [-0.3, -0.25) is 0 Å². The fourth-order valence-corrected chi connectivity index (χ4v) is 2.18. The van der Waals surface area contributed by atoms with Crippen molar-refractivity contribution < 1.29 is 9.47 Å². The number of para-hydroxylation sites is 2. The summed E-state index contributed by atoms with van der Waals surface area (Å²) in [5, 5.41) is 0. The monoisotopic (exact) mass is 269 g/mol. The lowest BCUT2D eigenvalue weighted by Crippen LogP contribution is -1.96. The maximum Gasteiger partial charge on any atom is 0.162 e. The summed E-state index contributed by atoms with van der Waals surface area (Å²) in [6, 6.07) is 11.4. The third-order valence-corrected chi connectivity index (χ3v) is 3.20. The summed E-state index contributed by atoms with van der Waals surface area (Å²) in [7, 11) is 3.18. The molecule has 3 N–H and O–H groups in total. The van der Waals surface area contributed by atoms with Gasteiger partial charge in [-0.1, -0.05) is 12.1 Å². The molecule has 0 aliphatic heterocycles. The summed E-state index contributed by atoms with van der Waals surface area (Å²) in [5.74, 6) is 1.94. The molecule has 0 saturated heterocycles. The molecule has 0 spiro atoms. The van der Waals surface area contributed by atoms with Crippen LogP contribution >= 0.6 is 0 Å². The standard InChI is InChI=1S/C15H15N3O2/c1-19-13-7-9(10(16)8-14(13)20-2)15-17-11-5-3-4-6-12(11)18-15/h3-8H,16H2,1-2H3,(H,17,18). The van der Waals surface area contributed by atoms with Crippen molar-refractivity contribution in [3.05, 3.63) is 36.4 Å². The summed E-state index contributed by atoms with van der Waals surface area (Å²) >= 11 is 0. The molecule has 2 aromatic carbocycles. The predicted octanol–water partition coefficient (Wildman–Crippen LogP) is 2.83. The topological polar surface area (TPSA) is 73.2 Å². The highest BCUT2D eigenvalue weighted by Crippen LogP contribution is 2.36. The summed E-state index contributed by atoms with van der Waals surface area (Å²) in [6.45, 7) is 0. The maximum absolute atomic E-state index is 6.08. The van der Waals surface area contributed by atoms with Crippen molar-refractivity contribution in [1.82, 2.24) is 9.97 Å². The number of aromatic nitrogens is 2. The first-order valence-electron chi connectivity index (χ1n) is 6.19. The third kappa shape index (κ3) is 1.93. The molecule has 0 bridgehead atoms. The molecule has 0 aliphatic carbocycles. The highest BCUT2D eigenvalue weighted by atomic mass is 16.5. The molecular weight excluding hydrogens is 254 g/mol. The largest absolute Gasteiger partial charge is 0.493 e. The smallest absolute Gasteiger partial charge is 0.162 e. The molecule has 0 atom stereocenters. The van der Waals surface area contributed by atoms with E-state index < -0.39 is 0 Å². The number of nitrogens with zero attached hydrogens (tertiary/aromatic N) is 1. The summed E-state index contributed by atoms with van der Waals surface area (Å²) in [4.78, 5) is 7.80. The molecule has 102 valence electrons. The number of rotatable bonds is 3. The first kappa shape index (κ1) is 12.3. The minimum Gasteiger partial charge on any atom is -0.493 e. The van der Waals surface area contributed by atoms with Gasteiger partial charge in [0.2, 0.25) is 0 Å². The van der Waals surface area contributed by atoms with Crippen molar-refractivity contribution >= 4 is 16.7 Å². The van der Waals surface area contributed by atoms with Crippen molar-refractivity contribution in [3.8, 4) is 22.9 Å². The summed E-state index contributed by atoms with van der Waals surface area (Å²) < 4.78 is 10.5. The van der Waals surface area contributed by atoms with Crippen LogP contribution in [0.25, 0.3) is 22.4 Å². The zero-order valence-electron chi connectivity index (χ0n) is 11.3. The van der Waals surface area contributed by atoms with E-state index in [0.29, 0.717) is 23.0 Å². The van der Waals surface area contributed by atoms with E-state index in [4.69, 9.17) is 15.2 Å². The first-order chi connectivity index (χ1) is 9.72. The van der Waals surface area contributed by atoms with Crippen LogP contribution in [0.1, 0.15) is 0 Å². The Kier molecular flexibility index (Phi) is 2.95. The van der Waals surface area contributed by atoms with Crippen LogP contribution < -0.4 is 15.2 Å². The third-order valence-electron chi connectivity index (χ3n) is 3.20. The molecule has 0 unspecified atom stereocenters. The quantitative estimate of drug-likeness (QED) is 0.717. The number of hydrogen-bond acceptors (Lipinski definition) is 4. The molecule has 5 nitrogen and oxygen atoms in total. The van der Waals surface area contributed by atoms with Crippen LogP contribution in [-0.4, -0.2) is 24.2 Å². The zero-order chi connectivity index (χ0) is 14.1. The molecule has 5 heteroatoms. The van der Waals surface area contributed by atoms with E-state index in [9.17, 15) is 0 Å². The number of benzene rings is 2. The molecule has 0 amide bonds. The van der Waals surface area contributed by atoms with Gasteiger partial charge in [0.05, 0.1) is 25.3 Å². The van der Waals surface area contributed by atoms with Gasteiger partial charge in [-0.25, -0.2) is 4.98 Å². The maximum atomic E-state index is 6.08. The van der Waals surface area contributed by atoms with E-state index in [0.717, 1.165) is 16.6 Å². The van der Waals surface area contributed by atoms with Crippen molar-refractivity contribution in [2.24, 2.45) is 0 Å². The summed E-state index contributed by atoms with van der Waals surface area (Å²) in [5.41, 5.74) is 9.32. The number of nitrogen functional groups attached to an aromatic ring is 1. The van der Waals surface area contributed by atoms with Crippen LogP contribution in [0.15, 0.2) is 36.4 Å². The number of H-pyrrole nitrogens is 1. The Hall–Kier alpha value is -2.69. The Bertz CT molecular complexity index is 732. The van der Waals surface area contributed by atoms with E-state index in [2.05, 4.69) is 9.97 Å². The first-order valence-corrected chi connectivity index (χ1v) is 6.19. The highest BCUT2D eigenvalue weighted by Gasteiger charge is 2.13. The van der Waals surface area contributed by atoms with Gasteiger partial charge < -0.3 is 20.2 Å². The van der Waals surface area contributed by atoms with Gasteiger partial charge in [0.25, 0.3) is 0 Å². The predicted molar refractivity (Wildman–Crippen MR) is 79.0 cm³/mol. The molecule has 3 rings (SSSR count). The second-order valence-electron chi connectivity index (χ2n) is 4.40. The molecule has 0 saturated carbocycles. The average molecular weight is 269 g/mol. The molecule has 3 aromatic rings. The highest BCUT2D eigenvalue weighted by molar-refractivity contribution is 5.83. The Morgan fingerprint density at radius 2 is 1.75 bits per heavy atom. The Labute approximate surface area is 116 Å². The molecule has 0 aliphatic rings. The van der Waals surface area contributed by atoms with Crippen molar-refractivity contribution in [2.45, 2.75) is 0 Å². The van der Waals surface area contributed by atoms with Crippen LogP contribution in [0.5, 0.6) is 11.5 Å². The van der Waals surface area contributed by atoms with Crippen molar-refractivity contribution in [3.63, 3.8) is 0 Å². The van der Waals surface area contributed by atoms with Gasteiger partial charge in [0, 0.05) is 17.3 Å². The number of nitrogens with one attached hydrogen (secondary N) is 1. The Morgan fingerprint density at radius 1 is 1.05 bits per heavy atom. The minimum absolute atomic E-state index is 0.585. The van der Waals surface area contributed by atoms with Crippen LogP contribution in [0.2, 0.25) is 0 Å². The average Bonchev–Trinajstić information content (AvgIpc) is 2.90. The van der Waals surface area contributed by atoms with Crippen LogP contribution in [-0.2, 0) is 0 Å². The van der Waals surface area contributed by atoms with E-state index in [1.165, 1.54) is 0 Å². The molecule has 1 heterocycles. The molecule has 1 aromatic heterocycles. The summed E-state index contributed by atoms with van der Waals surface area (Å²) in [6.07, 6.45) is 0. The van der Waals surface area contributed by atoms with E-state index in [1.807, 2.05) is 30.3 Å². The molecule has 20 heavy (non-hydrogen) atoms. The van der Waals surface area contributed by atoms with Crippen molar-refractivity contribution in [2.75, 3.05) is 20.0 Å². The molecule has 0 fully saturated rings. The second kappa shape index (κ2) is 4.77. The lowest BCUT2D eigenvalue weighted by molar-refractivity contribution is 0.355. The normalized spacial score (nSPS) is 10.7. The number of hydrogen-bond donors (Lipinski definition) is 2. The zero-order valence-corrected chi connectivity index (χ0v) is 11.3. The Balaban J connectivity index is 2.18. The van der Waals surface area contributed by atoms with Gasteiger partial charge in [-0.05, 0) is 18.2 Å². The fourth-order valence-electron chi connectivity index (χ4n) is 2.18. The van der Waals surface area contributed by atoms with Crippen LogP contribution in [0, 0.1) is 0 Å². The molecular formula is C15H15N3O2. The van der Waals surface area contributed by atoms with Gasteiger partial charge in [-0.15, -0.1) is 0 Å². The van der Waals surface area contributed by atoms with E-state index in [1.54, 1.807) is 20.3 Å². The fraction of sp³-hybridized carbons (Fsp3) is 0.133. The second-order valence-corrected chi connectivity index (χ2v) is 4.40. The van der Waals surface area contributed by atoms with Gasteiger partial charge in [0.1, 0.15) is 5.82 Å². The van der Waals surface area contributed by atoms with Gasteiger partial charge in [0.15, 0.2) is 11.5 Å². The number of anilines is 1. The van der Waals surface area contributed by atoms with Gasteiger partial charge in [-0.2, -0.15) is 0 Å². The number of aromatic amines is 1. The molecule has 0 radical (unpaired) electrons. The SMILES string of the molecule is COc1cc(N)c(-c2nc3ccccc3[nH]2)cc1OC. The number of methoxy groups -OCH3 is 2. The number of fused-ring (bicyclic) bond motifs is 1. The number of ether oxygens (including phenoxy) is 2. The Morgan fingerprint density at radius 3 is 2.45 bits per heavy atom.